The Kier molecular flexibility index (Phi) is 3.57. The van der Waals surface area contributed by atoms with E-state index in [9.17, 15) is 9.59 Å². The number of aryl methyl sites for hydroxylation is 2. The third kappa shape index (κ3) is 2.54. The molecule has 0 spiro atoms. The number of hydrogen-bond acceptors (Lipinski definition) is 5. The van der Waals surface area contributed by atoms with E-state index >= 15 is 0 Å². The van der Waals surface area contributed by atoms with E-state index in [0.717, 1.165) is 11.3 Å². The number of benzene rings is 1. The third-order valence-electron chi connectivity index (χ3n) is 3.65. The summed E-state index contributed by atoms with van der Waals surface area (Å²) in [5.41, 5.74) is 4.23. The van der Waals surface area contributed by atoms with Crippen molar-refractivity contribution in [2.45, 2.75) is 6.92 Å². The van der Waals surface area contributed by atoms with E-state index in [1.807, 2.05) is 37.3 Å². The summed E-state index contributed by atoms with van der Waals surface area (Å²) in [7, 11) is 3.24. The summed E-state index contributed by atoms with van der Waals surface area (Å²) in [6.07, 6.45) is 0. The van der Waals surface area contributed by atoms with Gasteiger partial charge in [0.1, 0.15) is 0 Å². The van der Waals surface area contributed by atoms with Crippen LogP contribution in [0.4, 0.5) is 5.95 Å². The molecule has 0 aliphatic carbocycles. The van der Waals surface area contributed by atoms with Crippen LogP contribution in [0.25, 0.3) is 11.2 Å². The van der Waals surface area contributed by atoms with Crippen LogP contribution in [-0.2, 0) is 14.1 Å². The minimum Gasteiger partial charge on any atom is -0.306 e. The van der Waals surface area contributed by atoms with Crippen LogP contribution in [-0.4, -0.2) is 24.8 Å². The van der Waals surface area contributed by atoms with Crippen molar-refractivity contribution in [2.24, 2.45) is 19.2 Å². The largest absolute Gasteiger partial charge is 0.329 e. The van der Waals surface area contributed by atoms with Crippen LogP contribution in [0, 0.1) is 0 Å². The Labute approximate surface area is 131 Å². The smallest absolute Gasteiger partial charge is 0.306 e. The Morgan fingerprint density at radius 2 is 1.87 bits per heavy atom. The molecule has 23 heavy (non-hydrogen) atoms. The highest BCUT2D eigenvalue weighted by atomic mass is 16.2. The van der Waals surface area contributed by atoms with Crippen molar-refractivity contribution >= 4 is 22.8 Å². The van der Waals surface area contributed by atoms with Gasteiger partial charge in [0.2, 0.25) is 5.95 Å². The highest BCUT2D eigenvalue weighted by Crippen LogP contribution is 2.13. The second kappa shape index (κ2) is 5.56. The highest BCUT2D eigenvalue weighted by Gasteiger charge is 2.14. The summed E-state index contributed by atoms with van der Waals surface area (Å²) in [6.45, 7) is 1.87. The average molecular weight is 312 g/mol. The number of fused-ring (bicyclic) bond motifs is 1. The number of H-pyrrole nitrogens is 1. The fourth-order valence-corrected chi connectivity index (χ4v) is 2.29. The summed E-state index contributed by atoms with van der Waals surface area (Å²) in [6, 6.07) is 9.69. The SMILES string of the molecule is CC(=NNc1nc2c(c(=O)[nH]c(=O)n2C)n1C)c1ccccc1. The number of imidazole rings is 1. The first-order chi connectivity index (χ1) is 11.0. The lowest BCUT2D eigenvalue weighted by atomic mass is 10.1. The Balaban J connectivity index is 2.03. The molecule has 0 saturated heterocycles. The second-order valence-corrected chi connectivity index (χ2v) is 5.16. The fourth-order valence-electron chi connectivity index (χ4n) is 2.29. The molecular weight excluding hydrogens is 296 g/mol. The summed E-state index contributed by atoms with van der Waals surface area (Å²) in [5, 5.41) is 4.29. The van der Waals surface area contributed by atoms with Crippen molar-refractivity contribution in [3.8, 4) is 0 Å². The molecule has 2 N–H and O–H groups in total. The zero-order valence-corrected chi connectivity index (χ0v) is 13.0. The van der Waals surface area contributed by atoms with Crippen LogP contribution in [0.1, 0.15) is 12.5 Å². The Morgan fingerprint density at radius 1 is 1.17 bits per heavy atom. The van der Waals surface area contributed by atoms with Crippen LogP contribution >= 0.6 is 0 Å². The van der Waals surface area contributed by atoms with E-state index in [0.29, 0.717) is 17.1 Å². The van der Waals surface area contributed by atoms with Crippen molar-refractivity contribution in [2.75, 3.05) is 5.43 Å². The van der Waals surface area contributed by atoms with E-state index in [2.05, 4.69) is 20.5 Å². The molecule has 0 aliphatic heterocycles. The molecule has 2 aromatic heterocycles. The Bertz CT molecular complexity index is 1010. The maximum absolute atomic E-state index is 12.0. The monoisotopic (exact) mass is 312 g/mol. The molecular formula is C15H16N6O2. The van der Waals surface area contributed by atoms with Crippen molar-refractivity contribution in [3.63, 3.8) is 0 Å². The van der Waals surface area contributed by atoms with Gasteiger partial charge in [0, 0.05) is 14.1 Å². The van der Waals surface area contributed by atoms with Gasteiger partial charge < -0.3 is 4.57 Å². The molecule has 1 aromatic carbocycles. The van der Waals surface area contributed by atoms with Gasteiger partial charge in [0.25, 0.3) is 5.56 Å². The molecule has 0 aliphatic rings. The number of aromatic nitrogens is 4. The zero-order chi connectivity index (χ0) is 16.6. The average Bonchev–Trinajstić information content (AvgIpc) is 2.88. The fraction of sp³-hybridized carbons (Fsp3) is 0.200. The lowest BCUT2D eigenvalue weighted by molar-refractivity contribution is 0.829. The number of aromatic amines is 1. The third-order valence-corrected chi connectivity index (χ3v) is 3.65. The van der Waals surface area contributed by atoms with Gasteiger partial charge in [-0.25, -0.2) is 10.2 Å². The standard InChI is InChI=1S/C15H16N6O2/c1-9(10-7-5-4-6-8-10)18-19-14-16-12-11(20(14)2)13(22)17-15(23)21(12)3/h4-8H,1-3H3,(H,16,19)(H,17,22,23). The maximum atomic E-state index is 12.0. The molecule has 8 nitrogen and oxygen atoms in total. The van der Waals surface area contributed by atoms with Crippen LogP contribution in [0.3, 0.4) is 0 Å². The lowest BCUT2D eigenvalue weighted by Gasteiger charge is -2.03. The van der Waals surface area contributed by atoms with Gasteiger partial charge in [0.15, 0.2) is 11.2 Å². The lowest BCUT2D eigenvalue weighted by Crippen LogP contribution is -2.29. The number of hydrogen-bond donors (Lipinski definition) is 2. The molecule has 0 amide bonds. The number of rotatable bonds is 3. The molecule has 0 bridgehead atoms. The first-order valence-electron chi connectivity index (χ1n) is 7.00. The summed E-state index contributed by atoms with van der Waals surface area (Å²) in [5.74, 6) is 0.377. The summed E-state index contributed by atoms with van der Waals surface area (Å²) >= 11 is 0. The van der Waals surface area contributed by atoms with Gasteiger partial charge in [-0.15, -0.1) is 0 Å². The summed E-state index contributed by atoms with van der Waals surface area (Å²) < 4.78 is 2.85. The van der Waals surface area contributed by atoms with Crippen molar-refractivity contribution in [1.82, 2.24) is 19.1 Å². The zero-order valence-electron chi connectivity index (χ0n) is 13.0. The van der Waals surface area contributed by atoms with Crippen molar-refractivity contribution < 1.29 is 0 Å². The molecule has 0 saturated carbocycles. The molecule has 0 unspecified atom stereocenters. The molecule has 0 radical (unpaired) electrons. The predicted octanol–water partition coefficient (Wildman–Crippen LogP) is 0.796. The van der Waals surface area contributed by atoms with E-state index < -0.39 is 11.2 Å². The van der Waals surface area contributed by atoms with Gasteiger partial charge in [0.05, 0.1) is 5.71 Å². The highest BCUT2D eigenvalue weighted by molar-refractivity contribution is 5.99. The number of nitrogens with one attached hydrogen (secondary N) is 2. The maximum Gasteiger partial charge on any atom is 0.329 e. The first kappa shape index (κ1) is 14.8. The minimum atomic E-state index is -0.504. The predicted molar refractivity (Wildman–Crippen MR) is 88.9 cm³/mol. The van der Waals surface area contributed by atoms with E-state index in [4.69, 9.17) is 0 Å². The number of anilines is 1. The van der Waals surface area contributed by atoms with E-state index in [1.165, 1.54) is 4.57 Å². The van der Waals surface area contributed by atoms with Crippen molar-refractivity contribution in [3.05, 3.63) is 56.7 Å². The van der Waals surface area contributed by atoms with Crippen LogP contribution in [0.2, 0.25) is 0 Å². The van der Waals surface area contributed by atoms with Gasteiger partial charge in [-0.3, -0.25) is 14.3 Å². The van der Waals surface area contributed by atoms with Crippen LogP contribution in [0.15, 0.2) is 45.0 Å². The van der Waals surface area contributed by atoms with Gasteiger partial charge >= 0.3 is 5.69 Å². The van der Waals surface area contributed by atoms with E-state index in [-0.39, 0.29) is 0 Å². The van der Waals surface area contributed by atoms with Crippen LogP contribution in [0.5, 0.6) is 0 Å². The summed E-state index contributed by atoms with van der Waals surface area (Å²) in [4.78, 5) is 30.1. The topological polar surface area (TPSA) is 97.1 Å². The normalized spacial score (nSPS) is 11.9. The van der Waals surface area contributed by atoms with Crippen LogP contribution < -0.4 is 16.7 Å². The van der Waals surface area contributed by atoms with Gasteiger partial charge in [-0.2, -0.15) is 10.1 Å². The molecule has 3 rings (SSSR count). The number of hydrazone groups is 1. The first-order valence-corrected chi connectivity index (χ1v) is 7.00. The van der Waals surface area contributed by atoms with E-state index in [1.54, 1.807) is 18.7 Å². The van der Waals surface area contributed by atoms with Gasteiger partial charge in [-0.1, -0.05) is 30.3 Å². The number of nitrogens with zero attached hydrogens (tertiary/aromatic N) is 4. The quantitative estimate of drug-likeness (QED) is 0.552. The Hall–Kier alpha value is -3.16. The molecule has 3 aromatic rings. The molecule has 2 heterocycles. The molecule has 0 atom stereocenters. The van der Waals surface area contributed by atoms with Gasteiger partial charge in [-0.05, 0) is 12.5 Å². The molecule has 118 valence electrons. The second-order valence-electron chi connectivity index (χ2n) is 5.16. The molecule has 8 heteroatoms. The molecule has 0 fully saturated rings. The Morgan fingerprint density at radius 3 is 2.57 bits per heavy atom. The van der Waals surface area contributed by atoms with Crippen molar-refractivity contribution in [1.29, 1.82) is 0 Å². The minimum absolute atomic E-state index is 0.302.